The van der Waals surface area contributed by atoms with Gasteiger partial charge in [0.25, 0.3) is 0 Å². The van der Waals surface area contributed by atoms with E-state index < -0.39 is 6.10 Å². The van der Waals surface area contributed by atoms with Crippen LogP contribution in [0.3, 0.4) is 0 Å². The Morgan fingerprint density at radius 1 is 1.11 bits per heavy atom. The molecule has 0 spiro atoms. The highest BCUT2D eigenvalue weighted by Crippen LogP contribution is 2.45. The number of fused-ring (bicyclic) bond motifs is 5. The molecule has 10 nitrogen and oxygen atoms in total. The van der Waals surface area contributed by atoms with Crippen LogP contribution in [0.1, 0.15) is 16.8 Å². The number of hydrogen-bond acceptors (Lipinski definition) is 10. The molecule has 2 N–H and O–H groups in total. The maximum atomic E-state index is 13.5. The molecule has 0 amide bonds. The molecular formula is C33H36ClFN6O4S. The van der Waals surface area contributed by atoms with E-state index in [2.05, 4.69) is 20.2 Å². The van der Waals surface area contributed by atoms with Crippen LogP contribution in [0.2, 0.25) is 5.02 Å². The number of rotatable bonds is 15. The highest BCUT2D eigenvalue weighted by atomic mass is 35.5. The number of aliphatic hydroxyl groups excluding tert-OH is 1. The summed E-state index contributed by atoms with van der Waals surface area (Å²) in [6.07, 6.45) is 4.58. The molecule has 0 radical (unpaired) electrons. The second kappa shape index (κ2) is 14.8. The Bertz CT molecular complexity index is 1790. The highest BCUT2D eigenvalue weighted by Gasteiger charge is 2.27. The molecule has 3 aromatic heterocycles. The Labute approximate surface area is 275 Å². The van der Waals surface area contributed by atoms with Gasteiger partial charge in [-0.2, -0.15) is 5.10 Å². The summed E-state index contributed by atoms with van der Waals surface area (Å²) in [6, 6.07) is 11.7. The molecule has 2 aromatic carbocycles. The quantitative estimate of drug-likeness (QED) is 0.145. The third-order valence-electron chi connectivity index (χ3n) is 7.85. The summed E-state index contributed by atoms with van der Waals surface area (Å²) in [5, 5.41) is 20.6. The van der Waals surface area contributed by atoms with E-state index in [0.29, 0.717) is 42.9 Å². The van der Waals surface area contributed by atoms with Crippen LogP contribution in [-0.2, 0) is 35.5 Å². The molecule has 0 fully saturated rings. The first-order valence-corrected chi connectivity index (χ1v) is 16.3. The first-order chi connectivity index (χ1) is 22.4. The number of nitrogens with one attached hydrogen (secondary N) is 1. The monoisotopic (exact) mass is 666 g/mol. The average Bonchev–Trinajstić information content (AvgIpc) is 3.63. The van der Waals surface area contributed by atoms with Crippen molar-refractivity contribution in [1.82, 2.24) is 24.6 Å². The van der Waals surface area contributed by atoms with Crippen molar-refractivity contribution in [3.05, 3.63) is 82.6 Å². The van der Waals surface area contributed by atoms with Crippen LogP contribution in [0.5, 0.6) is 5.75 Å². The van der Waals surface area contributed by atoms with Gasteiger partial charge in [-0.3, -0.25) is 9.58 Å². The zero-order valence-electron chi connectivity index (χ0n) is 25.7. The van der Waals surface area contributed by atoms with Crippen molar-refractivity contribution in [2.24, 2.45) is 0 Å². The summed E-state index contributed by atoms with van der Waals surface area (Å²) in [5.74, 6) is 0.896. The molecule has 5 aromatic rings. The van der Waals surface area contributed by atoms with Crippen molar-refractivity contribution >= 4 is 44.7 Å². The normalized spacial score (nSPS) is 13.2. The first-order valence-electron chi connectivity index (χ1n) is 15.1. The Morgan fingerprint density at radius 2 is 1.93 bits per heavy atom. The summed E-state index contributed by atoms with van der Waals surface area (Å²) in [6.45, 7) is 3.71. The summed E-state index contributed by atoms with van der Waals surface area (Å²) in [7, 11) is 3.35. The van der Waals surface area contributed by atoms with Crippen LogP contribution in [0.25, 0.3) is 20.7 Å². The van der Waals surface area contributed by atoms with Gasteiger partial charge in [0, 0.05) is 56.2 Å². The molecule has 1 atom stereocenters. The van der Waals surface area contributed by atoms with Gasteiger partial charge in [0.15, 0.2) is 0 Å². The molecule has 3 heterocycles. The van der Waals surface area contributed by atoms with E-state index >= 15 is 0 Å². The van der Waals surface area contributed by atoms with E-state index in [-0.39, 0.29) is 12.4 Å². The van der Waals surface area contributed by atoms with Gasteiger partial charge in [0.05, 0.1) is 42.0 Å². The minimum atomic E-state index is -0.594. The Balaban J connectivity index is 1.17. The van der Waals surface area contributed by atoms with E-state index in [1.54, 1.807) is 56.1 Å². The van der Waals surface area contributed by atoms with Crippen LogP contribution in [0.4, 0.5) is 15.9 Å². The lowest BCUT2D eigenvalue weighted by Gasteiger charge is -2.24. The van der Waals surface area contributed by atoms with Crippen molar-refractivity contribution in [2.45, 2.75) is 32.1 Å². The molecule has 0 aliphatic heterocycles. The fourth-order valence-electron chi connectivity index (χ4n) is 5.64. The molecule has 0 unspecified atom stereocenters. The predicted molar refractivity (Wildman–Crippen MR) is 178 cm³/mol. The van der Waals surface area contributed by atoms with Crippen molar-refractivity contribution in [2.75, 3.05) is 52.4 Å². The van der Waals surface area contributed by atoms with Crippen LogP contribution >= 0.6 is 22.9 Å². The van der Waals surface area contributed by atoms with Crippen LogP contribution in [-0.4, -0.2) is 82.9 Å². The molecule has 1 aliphatic rings. The summed E-state index contributed by atoms with van der Waals surface area (Å²) in [4.78, 5) is 13.3. The number of thiophene rings is 1. The number of hydrogen-bond donors (Lipinski definition) is 2. The van der Waals surface area contributed by atoms with Gasteiger partial charge in [-0.25, -0.2) is 14.4 Å². The zero-order chi connectivity index (χ0) is 32.0. The number of methoxy groups -OCH3 is 2. The third kappa shape index (κ3) is 7.49. The standard InChI is InChI=1S/C33H36ClFN6O4S/c1-43-12-10-40(11-13-44-2)16-24(42)17-41-18-26-28(39-41)8-7-25-30-32(36-20-37-33(30)46-31(25)26)38-23-6-9-29(27(34)15-23)45-19-21-4-3-5-22(35)14-21/h3-6,9,14-15,18,20,24,42H,7-8,10-13,16-17,19H2,1-2H3,(H,36,37,38)/t24-/m1/s1. The molecule has 242 valence electrons. The lowest BCUT2D eigenvalue weighted by atomic mass is 9.95. The minimum absolute atomic E-state index is 0.205. The van der Waals surface area contributed by atoms with E-state index in [1.165, 1.54) is 17.7 Å². The second-order valence-electron chi connectivity index (χ2n) is 11.2. The van der Waals surface area contributed by atoms with Gasteiger partial charge >= 0.3 is 0 Å². The molecular weight excluding hydrogens is 631 g/mol. The Hall–Kier alpha value is -3.65. The zero-order valence-corrected chi connectivity index (χ0v) is 27.3. The number of nitrogens with zero attached hydrogens (tertiary/aromatic N) is 5. The Morgan fingerprint density at radius 3 is 2.70 bits per heavy atom. The smallest absolute Gasteiger partial charge is 0.142 e. The number of ether oxygens (including phenoxy) is 3. The van der Waals surface area contributed by atoms with Crippen LogP contribution in [0, 0.1) is 5.82 Å². The van der Waals surface area contributed by atoms with Crippen molar-refractivity contribution in [1.29, 1.82) is 0 Å². The fourth-order valence-corrected chi connectivity index (χ4v) is 7.10. The maximum Gasteiger partial charge on any atom is 0.142 e. The fraction of sp³-hybridized carbons (Fsp3) is 0.364. The maximum absolute atomic E-state index is 13.5. The van der Waals surface area contributed by atoms with Gasteiger partial charge in [-0.15, -0.1) is 11.3 Å². The van der Waals surface area contributed by atoms with E-state index in [0.717, 1.165) is 63.5 Å². The number of benzene rings is 2. The SMILES string of the molecule is COCCN(CCOC)C[C@@H](O)Cn1cc2c(n1)CCc1c-2sc2ncnc(Nc3ccc(OCc4cccc(F)c4)c(Cl)c3)c12. The third-order valence-corrected chi connectivity index (χ3v) is 9.32. The highest BCUT2D eigenvalue weighted by molar-refractivity contribution is 7.22. The lowest BCUT2D eigenvalue weighted by Crippen LogP contribution is -2.38. The minimum Gasteiger partial charge on any atom is -0.487 e. The van der Waals surface area contributed by atoms with Gasteiger partial charge in [0.1, 0.15) is 35.1 Å². The van der Waals surface area contributed by atoms with E-state index in [4.69, 9.17) is 30.9 Å². The molecule has 0 saturated heterocycles. The number of aromatic nitrogens is 4. The number of aliphatic hydroxyl groups is 1. The summed E-state index contributed by atoms with van der Waals surface area (Å²) < 4.78 is 31.7. The largest absolute Gasteiger partial charge is 0.487 e. The molecule has 1 aliphatic carbocycles. The van der Waals surface area contributed by atoms with Gasteiger partial charge in [-0.05, 0) is 54.3 Å². The Kier molecular flexibility index (Phi) is 10.4. The lowest BCUT2D eigenvalue weighted by molar-refractivity contribution is 0.0610. The van der Waals surface area contributed by atoms with Gasteiger partial charge in [-0.1, -0.05) is 23.7 Å². The molecule has 0 saturated carbocycles. The van der Waals surface area contributed by atoms with Crippen LogP contribution in [0.15, 0.2) is 55.0 Å². The van der Waals surface area contributed by atoms with Gasteiger partial charge < -0.3 is 24.6 Å². The van der Waals surface area contributed by atoms with E-state index in [9.17, 15) is 9.50 Å². The number of aryl methyl sites for hydroxylation is 2. The molecule has 6 rings (SSSR count). The summed E-state index contributed by atoms with van der Waals surface area (Å²) >= 11 is 8.19. The van der Waals surface area contributed by atoms with Crippen molar-refractivity contribution < 1.29 is 23.7 Å². The number of halogens is 2. The van der Waals surface area contributed by atoms with Crippen molar-refractivity contribution in [3.8, 4) is 16.2 Å². The van der Waals surface area contributed by atoms with E-state index in [1.807, 2.05) is 16.9 Å². The van der Waals surface area contributed by atoms with Gasteiger partial charge in [0.2, 0.25) is 0 Å². The average molecular weight is 667 g/mol. The topological polar surface area (TPSA) is 107 Å². The van der Waals surface area contributed by atoms with Crippen molar-refractivity contribution in [3.63, 3.8) is 0 Å². The van der Waals surface area contributed by atoms with Crippen LogP contribution < -0.4 is 10.1 Å². The first kappa shape index (κ1) is 32.3. The molecule has 13 heteroatoms. The molecule has 0 bridgehead atoms. The predicted octanol–water partition coefficient (Wildman–Crippen LogP) is 5.72. The number of anilines is 2. The molecule has 46 heavy (non-hydrogen) atoms. The second-order valence-corrected chi connectivity index (χ2v) is 12.6. The summed E-state index contributed by atoms with van der Waals surface area (Å²) in [5.41, 5.74) is 4.75.